The Balaban J connectivity index is 1.04. The van der Waals surface area contributed by atoms with Crippen molar-refractivity contribution in [2.75, 3.05) is 66.2 Å². The number of carbonyl (C=O) groups excluding carboxylic acids is 8. The zero-order valence-corrected chi connectivity index (χ0v) is 54.4. The first-order chi connectivity index (χ1) is 45.5. The van der Waals surface area contributed by atoms with Crippen LogP contribution in [0, 0.1) is 5.92 Å². The topological polar surface area (TPSA) is 428 Å². The number of hydrogen-bond donors (Lipinski definition) is 13. The normalized spacial score (nSPS) is 25.2. The zero-order chi connectivity index (χ0) is 68.5. The number of aromatic hydroxyl groups is 1. The number of nitrogens with zero attached hydrogens (tertiary/aromatic N) is 5. The molecule has 8 amide bonds. The van der Waals surface area contributed by atoms with Crippen LogP contribution in [0.15, 0.2) is 66.7 Å². The third-order valence-corrected chi connectivity index (χ3v) is 18.4. The minimum atomic E-state index is -2.09. The Bertz CT molecular complexity index is 3260. The van der Waals surface area contributed by atoms with E-state index in [1.807, 2.05) is 24.3 Å². The van der Waals surface area contributed by atoms with Gasteiger partial charge in [0.25, 0.3) is 11.8 Å². The first-order valence-corrected chi connectivity index (χ1v) is 33.1. The predicted octanol–water partition coefficient (Wildman–Crippen LogP) is -0.758. The molecule has 4 fully saturated rings. The number of methoxy groups -OCH3 is 1. The summed E-state index contributed by atoms with van der Waals surface area (Å²) in [5.74, 6) is -8.59. The highest BCUT2D eigenvalue weighted by molar-refractivity contribution is 7.17. The highest BCUT2D eigenvalue weighted by Crippen LogP contribution is 2.33. The summed E-state index contributed by atoms with van der Waals surface area (Å²) in [6.45, 7) is 2.91. The molecule has 4 aliphatic heterocycles. The van der Waals surface area contributed by atoms with E-state index in [-0.39, 0.29) is 48.0 Å². The molecule has 5 heterocycles. The summed E-state index contributed by atoms with van der Waals surface area (Å²) < 4.78 is 16.8. The van der Waals surface area contributed by atoms with Crippen molar-refractivity contribution < 1.29 is 88.3 Å². The van der Waals surface area contributed by atoms with Crippen molar-refractivity contribution in [3.8, 4) is 38.4 Å². The highest BCUT2D eigenvalue weighted by Gasteiger charge is 2.50. The van der Waals surface area contributed by atoms with Crippen LogP contribution >= 0.6 is 11.3 Å². The molecule has 4 aromatic rings. The molecule has 0 saturated carbocycles. The summed E-state index contributed by atoms with van der Waals surface area (Å²) in [5, 5.41) is 102. The van der Waals surface area contributed by atoms with Gasteiger partial charge in [-0.25, -0.2) is 0 Å². The number of benzene rings is 3. The van der Waals surface area contributed by atoms with E-state index in [4.69, 9.17) is 19.9 Å². The lowest BCUT2D eigenvalue weighted by atomic mass is 9.98. The molecule has 13 atom stereocenters. The van der Waals surface area contributed by atoms with E-state index in [0.717, 1.165) is 86.0 Å². The minimum absolute atomic E-state index is 0.0275. The van der Waals surface area contributed by atoms with Crippen LogP contribution in [-0.2, 0) is 44.7 Å². The maximum absolute atomic E-state index is 14.8. The average Bonchev–Trinajstić information content (AvgIpc) is 1.70. The van der Waals surface area contributed by atoms with Crippen LogP contribution in [0.2, 0.25) is 0 Å². The van der Waals surface area contributed by atoms with Gasteiger partial charge in [0.1, 0.15) is 52.0 Å². The van der Waals surface area contributed by atoms with E-state index < -0.39 is 159 Å². The van der Waals surface area contributed by atoms with E-state index in [0.29, 0.717) is 35.3 Å². The van der Waals surface area contributed by atoms with Gasteiger partial charge in [-0.2, -0.15) is 0 Å². The summed E-state index contributed by atoms with van der Waals surface area (Å²) in [4.78, 5) is 118. The fourth-order valence-corrected chi connectivity index (χ4v) is 12.9. The number of aliphatic hydroxyl groups is 6. The van der Waals surface area contributed by atoms with E-state index >= 15 is 0 Å². The Labute approximate surface area is 554 Å². The van der Waals surface area contributed by atoms with Gasteiger partial charge < -0.3 is 97.0 Å². The molecule has 3 aromatic carbocycles. The van der Waals surface area contributed by atoms with E-state index in [9.17, 15) is 74.1 Å². The monoisotopic (exact) mass is 1340 g/mol. The maximum atomic E-state index is 14.8. The number of likely N-dealkylation sites (tertiary alicyclic amines) is 1. The predicted molar refractivity (Wildman–Crippen MR) is 344 cm³/mol. The molecule has 0 aliphatic carbocycles. The lowest BCUT2D eigenvalue weighted by molar-refractivity contribution is -0.147. The molecular weight excluding hydrogens is 1250 g/mol. The molecule has 4 aliphatic rings. The Kier molecular flexibility index (Phi) is 26.6. The zero-order valence-electron chi connectivity index (χ0n) is 53.5. The first kappa shape index (κ1) is 72.9. The third-order valence-electron chi connectivity index (χ3n) is 17.4. The molecule has 1 unspecified atom stereocenters. The fraction of sp³-hybridized carbons (Fsp3) is 0.569. The van der Waals surface area contributed by atoms with Crippen LogP contribution in [0.3, 0.4) is 0 Å². The van der Waals surface area contributed by atoms with Gasteiger partial charge in [0.15, 0.2) is 18.1 Å². The van der Waals surface area contributed by atoms with E-state index in [1.54, 1.807) is 24.1 Å². The maximum Gasteiger partial charge on any atom is 0.260 e. The first-order valence-electron chi connectivity index (χ1n) is 32.3. The van der Waals surface area contributed by atoms with Gasteiger partial charge in [0, 0.05) is 88.3 Å². The van der Waals surface area contributed by atoms with Crippen LogP contribution in [0.1, 0.15) is 100 Å². The number of nitrogens with one attached hydrogen (secondary N) is 5. The van der Waals surface area contributed by atoms with Crippen molar-refractivity contribution in [2.45, 2.75) is 164 Å². The van der Waals surface area contributed by atoms with Gasteiger partial charge >= 0.3 is 0 Å². The summed E-state index contributed by atoms with van der Waals surface area (Å²) in [6, 6.07) is 6.41. The van der Waals surface area contributed by atoms with Crippen molar-refractivity contribution >= 4 is 58.6 Å². The Morgan fingerprint density at radius 3 is 2.01 bits per heavy atom. The Morgan fingerprint density at radius 1 is 0.716 bits per heavy atom. The summed E-state index contributed by atoms with van der Waals surface area (Å²) in [5.41, 5.74) is 7.45. The molecule has 0 bridgehead atoms. The van der Waals surface area contributed by atoms with Gasteiger partial charge in [0.05, 0.1) is 43.2 Å². The molecule has 4 saturated heterocycles. The van der Waals surface area contributed by atoms with Gasteiger partial charge in [0.2, 0.25) is 35.4 Å². The van der Waals surface area contributed by atoms with Crippen LogP contribution in [0.4, 0.5) is 0 Å². The Hall–Kier alpha value is -7.94. The van der Waals surface area contributed by atoms with Crippen LogP contribution < -0.4 is 41.8 Å². The number of fused-ring (bicyclic) bond motifs is 2. The van der Waals surface area contributed by atoms with Crippen LogP contribution in [0.5, 0.6) is 17.2 Å². The number of aliphatic hydroxyl groups excluding tert-OH is 6. The number of unbranched alkanes of at least 4 members (excludes halogenated alkanes) is 4. The molecular formula is C65H89N11O18S. The number of carbonyl (C=O) groups is 8. The average molecular weight is 1340 g/mol. The molecule has 1 aromatic heterocycles. The van der Waals surface area contributed by atoms with Crippen molar-refractivity contribution in [2.24, 2.45) is 11.7 Å². The Morgan fingerprint density at radius 2 is 1.35 bits per heavy atom. The van der Waals surface area contributed by atoms with Gasteiger partial charge in [-0.05, 0) is 106 Å². The standard InChI is InChI=1S/C65H89N11O18S/c1-36-33-76-55(56(36)84)61(89)67-32-42(78)30-45(68-57(85)39-13-15-40(16-14-39)62-72-73-63(95-62)41-17-19-44(20-18-41)93-27-11-6-4-5-10-26-92-3)58(86)69-52(37(2)77)64(90)75-34-43(79)31-46(75)59(87)70-53(60(88)71-54(65(76)91)48(81)22-23-66)49(82)28-38-12-21-47(80)50(29-38)94-35-51(83)74-24-8-7-9-25-74/h12-21,29,36-37,42-43,45-46,48-49,52-56,77-82,84H,4-11,22-28,30-35,66H2,1-3H3,(H,67,89)(H,68,85)(H,69,86)(H,70,87)(H,71,88)/t36-,37+,42+,43+,45?,46-,48+,49+,52-,53-,54-,55-,56-/m0/s1. The number of nitrogens with two attached hydrogens (primary N) is 1. The summed E-state index contributed by atoms with van der Waals surface area (Å²) >= 11 is 1.30. The smallest absolute Gasteiger partial charge is 0.260 e. The molecule has 518 valence electrons. The van der Waals surface area contributed by atoms with Crippen molar-refractivity contribution in [1.29, 1.82) is 0 Å². The largest absolute Gasteiger partial charge is 0.504 e. The second-order valence-corrected chi connectivity index (χ2v) is 25.7. The van der Waals surface area contributed by atoms with Crippen molar-refractivity contribution in [3.63, 3.8) is 0 Å². The quantitative estimate of drug-likeness (QED) is 0.0406. The number of aromatic nitrogens is 2. The summed E-state index contributed by atoms with van der Waals surface area (Å²) in [7, 11) is 1.70. The number of ether oxygens (including phenoxy) is 3. The molecule has 0 radical (unpaired) electrons. The number of amides is 8. The van der Waals surface area contributed by atoms with Gasteiger partial charge in [-0.1, -0.05) is 55.7 Å². The lowest BCUT2D eigenvalue weighted by Gasteiger charge is -2.34. The molecule has 14 N–H and O–H groups in total. The highest BCUT2D eigenvalue weighted by atomic mass is 32.1. The van der Waals surface area contributed by atoms with E-state index in [1.165, 1.54) is 48.6 Å². The molecule has 95 heavy (non-hydrogen) atoms. The van der Waals surface area contributed by atoms with Gasteiger partial charge in [-0.15, -0.1) is 10.2 Å². The van der Waals surface area contributed by atoms with E-state index in [2.05, 4.69) is 36.8 Å². The van der Waals surface area contributed by atoms with Crippen LogP contribution in [0.25, 0.3) is 21.1 Å². The molecule has 30 heteroatoms. The second kappa shape index (κ2) is 34.6. The fourth-order valence-electron chi connectivity index (χ4n) is 12.0. The number of phenols is 1. The van der Waals surface area contributed by atoms with Crippen molar-refractivity contribution in [3.05, 3.63) is 77.9 Å². The molecule has 0 spiro atoms. The second-order valence-electron chi connectivity index (χ2n) is 24.7. The number of phenolic OH excluding ortho intramolecular Hbond substituents is 1. The molecule has 8 rings (SSSR count). The number of rotatable bonds is 23. The third kappa shape index (κ3) is 19.4. The lowest BCUT2D eigenvalue weighted by Crippen LogP contribution is -2.64. The van der Waals surface area contributed by atoms with Crippen LogP contribution in [-0.4, -0.2) is 247 Å². The molecule has 29 nitrogen and oxygen atoms in total. The van der Waals surface area contributed by atoms with Gasteiger partial charge in [-0.3, -0.25) is 38.4 Å². The van der Waals surface area contributed by atoms with Crippen molar-refractivity contribution in [1.82, 2.24) is 51.5 Å². The number of β-amino-alcohol motifs (C(OH)–C–C–N with tert-alkyl or cyclic N) is 1. The number of piperidine rings is 1. The minimum Gasteiger partial charge on any atom is -0.504 e. The SMILES string of the molecule is COCCCCCCCOc1ccc(-c2nnc(-c3ccc(C(=O)NC4C[C@@H](O)CNC(=O)[C@@H]5[C@@H](O)[C@@H](C)CN5C(=O)[C@H]([C@H](O)CCN)NC(=O)[C@H]([C@H](O)Cc5ccc(O)c(OCC(=O)N6CCCCC6)c5)NC(=O)[C@@H]5C[C@@H](O)CN5C(=O)[C@H]([C@@H](C)O)NC4=O)cc3)s2)cc1. The summed E-state index contributed by atoms with van der Waals surface area (Å²) in [6.07, 6.45) is -4.25. The number of hydrogen-bond acceptors (Lipinski definition) is 22.